The number of hydrogen-bond acceptors (Lipinski definition) is 6. The van der Waals surface area contributed by atoms with E-state index in [-0.39, 0.29) is 17.9 Å². The topological polar surface area (TPSA) is 114 Å². The van der Waals surface area contributed by atoms with E-state index in [0.29, 0.717) is 32.7 Å². The summed E-state index contributed by atoms with van der Waals surface area (Å²) in [6, 6.07) is 7.63. The molecule has 1 aromatic carbocycles. The first-order valence-electron chi connectivity index (χ1n) is 12.3. The molecule has 9 heteroatoms. The van der Waals surface area contributed by atoms with E-state index in [0.717, 1.165) is 5.56 Å². The average Bonchev–Trinajstić information content (AvgIpc) is 3.16. The minimum Gasteiger partial charge on any atom is -0.444 e. The lowest BCUT2D eigenvalue weighted by Crippen LogP contribution is -2.61. The van der Waals surface area contributed by atoms with Gasteiger partial charge in [0.2, 0.25) is 11.8 Å². The predicted octanol–water partition coefficient (Wildman–Crippen LogP) is 2.45. The zero-order valence-corrected chi connectivity index (χ0v) is 21.7. The lowest BCUT2D eigenvalue weighted by atomic mass is 9.85. The largest absolute Gasteiger partial charge is 0.444 e. The van der Waals surface area contributed by atoms with Gasteiger partial charge in [-0.2, -0.15) is 0 Å². The Balaban J connectivity index is 1.77. The van der Waals surface area contributed by atoms with Crippen molar-refractivity contribution < 1.29 is 23.9 Å². The average molecular weight is 489 g/mol. The summed E-state index contributed by atoms with van der Waals surface area (Å²) in [7, 11) is 0. The third kappa shape index (κ3) is 6.73. The number of nitrogens with one attached hydrogen (secondary N) is 1. The maximum absolute atomic E-state index is 13.7. The van der Waals surface area contributed by atoms with Gasteiger partial charge in [-0.25, -0.2) is 4.79 Å². The number of carbonyl (C=O) groups excluding carboxylic acids is 3. The minimum absolute atomic E-state index is 0.183. The summed E-state index contributed by atoms with van der Waals surface area (Å²) >= 11 is 0. The molecular weight excluding hydrogens is 448 g/mol. The van der Waals surface area contributed by atoms with Gasteiger partial charge in [-0.1, -0.05) is 51.1 Å². The Morgan fingerprint density at radius 1 is 1.09 bits per heavy atom. The number of rotatable bonds is 4. The van der Waals surface area contributed by atoms with E-state index in [2.05, 4.69) is 5.32 Å². The van der Waals surface area contributed by atoms with E-state index in [4.69, 9.17) is 15.2 Å². The maximum Gasteiger partial charge on any atom is 0.408 e. The second kappa shape index (κ2) is 10.5. The summed E-state index contributed by atoms with van der Waals surface area (Å²) in [5, 5.41) is 2.73. The molecule has 3 rings (SSSR count). The molecule has 4 atom stereocenters. The Kier molecular flexibility index (Phi) is 8.11. The standard InChI is InChI=1S/C26H40N4O5/c1-25(2,3)21(28-24(33)35-26(4,5)6)23(32)30-13-12-18(27)20(30)22(31)29-14-15-34-19(16-29)17-10-8-7-9-11-17/h7-11,18-21H,12-16,27H2,1-6H3,(H,28,33)/t18-,19+,20+,21-/m1/s1. The van der Waals surface area contributed by atoms with Crippen molar-refractivity contribution in [2.75, 3.05) is 26.2 Å². The molecule has 0 unspecified atom stereocenters. The summed E-state index contributed by atoms with van der Waals surface area (Å²) in [5.41, 5.74) is 6.07. The van der Waals surface area contributed by atoms with Crippen molar-refractivity contribution in [3.05, 3.63) is 35.9 Å². The molecular formula is C26H40N4O5. The molecule has 0 radical (unpaired) electrons. The molecule has 0 aromatic heterocycles. The number of nitrogens with two attached hydrogens (primary N) is 1. The van der Waals surface area contributed by atoms with Crippen molar-refractivity contribution in [2.24, 2.45) is 11.1 Å². The molecule has 2 aliphatic heterocycles. The fourth-order valence-electron chi connectivity index (χ4n) is 4.53. The number of carbonyl (C=O) groups is 3. The van der Waals surface area contributed by atoms with E-state index in [9.17, 15) is 14.4 Å². The van der Waals surface area contributed by atoms with Crippen molar-refractivity contribution in [1.29, 1.82) is 0 Å². The summed E-state index contributed by atoms with van der Waals surface area (Å²) in [4.78, 5) is 43.2. The molecule has 35 heavy (non-hydrogen) atoms. The molecule has 9 nitrogen and oxygen atoms in total. The Bertz CT molecular complexity index is 909. The summed E-state index contributed by atoms with van der Waals surface area (Å²) in [6.45, 7) is 12.5. The summed E-state index contributed by atoms with van der Waals surface area (Å²) in [6.07, 6.45) is -0.388. The van der Waals surface area contributed by atoms with Crippen LogP contribution in [-0.4, -0.2) is 77.7 Å². The van der Waals surface area contributed by atoms with Crippen LogP contribution in [-0.2, 0) is 19.1 Å². The van der Waals surface area contributed by atoms with Crippen LogP contribution in [0.25, 0.3) is 0 Å². The van der Waals surface area contributed by atoms with Crippen molar-refractivity contribution in [3.8, 4) is 0 Å². The van der Waals surface area contributed by atoms with Crippen LogP contribution in [0, 0.1) is 5.41 Å². The number of hydrogen-bond donors (Lipinski definition) is 2. The van der Waals surface area contributed by atoms with Gasteiger partial charge in [0.25, 0.3) is 0 Å². The molecule has 194 valence electrons. The smallest absolute Gasteiger partial charge is 0.408 e. The van der Waals surface area contributed by atoms with Crippen LogP contribution in [0.5, 0.6) is 0 Å². The molecule has 2 fully saturated rings. The quantitative estimate of drug-likeness (QED) is 0.673. The summed E-state index contributed by atoms with van der Waals surface area (Å²) in [5.74, 6) is -0.514. The molecule has 1 aromatic rings. The normalized spacial score (nSPS) is 24.1. The van der Waals surface area contributed by atoms with Gasteiger partial charge in [0.05, 0.1) is 13.2 Å². The van der Waals surface area contributed by atoms with Crippen molar-refractivity contribution in [2.45, 2.75) is 77.8 Å². The molecule has 3 amide bonds. The minimum atomic E-state index is -0.875. The van der Waals surface area contributed by atoms with E-state index in [1.807, 2.05) is 51.1 Å². The second-order valence-electron chi connectivity index (χ2n) is 11.4. The molecule has 2 saturated heterocycles. The summed E-state index contributed by atoms with van der Waals surface area (Å²) < 4.78 is 11.3. The van der Waals surface area contributed by atoms with Gasteiger partial charge >= 0.3 is 6.09 Å². The van der Waals surface area contributed by atoms with E-state index >= 15 is 0 Å². The number of ether oxygens (including phenoxy) is 2. The first-order valence-corrected chi connectivity index (χ1v) is 12.3. The fourth-order valence-corrected chi connectivity index (χ4v) is 4.53. The van der Waals surface area contributed by atoms with Gasteiger partial charge in [-0.15, -0.1) is 0 Å². The van der Waals surface area contributed by atoms with Gasteiger partial charge in [-0.05, 0) is 38.2 Å². The van der Waals surface area contributed by atoms with Crippen molar-refractivity contribution in [3.63, 3.8) is 0 Å². The highest BCUT2D eigenvalue weighted by atomic mass is 16.6. The van der Waals surface area contributed by atoms with Gasteiger partial charge < -0.3 is 30.3 Å². The maximum atomic E-state index is 13.7. The third-order valence-electron chi connectivity index (χ3n) is 6.30. The van der Waals surface area contributed by atoms with Gasteiger partial charge in [-0.3, -0.25) is 9.59 Å². The fraction of sp³-hybridized carbons (Fsp3) is 0.654. The number of morpholine rings is 1. The molecule has 2 heterocycles. The van der Waals surface area contributed by atoms with Crippen LogP contribution < -0.4 is 11.1 Å². The monoisotopic (exact) mass is 488 g/mol. The highest BCUT2D eigenvalue weighted by Gasteiger charge is 2.47. The van der Waals surface area contributed by atoms with Crippen LogP contribution in [0.3, 0.4) is 0 Å². The first kappa shape index (κ1) is 26.9. The number of benzene rings is 1. The van der Waals surface area contributed by atoms with E-state index < -0.39 is 35.2 Å². The Labute approximate surface area is 208 Å². The Hall–Kier alpha value is -2.65. The number of nitrogens with zero attached hydrogens (tertiary/aromatic N) is 2. The lowest BCUT2D eigenvalue weighted by Gasteiger charge is -2.39. The zero-order chi connectivity index (χ0) is 26.0. The third-order valence-corrected chi connectivity index (χ3v) is 6.30. The molecule has 0 bridgehead atoms. The zero-order valence-electron chi connectivity index (χ0n) is 21.7. The number of alkyl carbamates (subject to hydrolysis) is 1. The number of likely N-dealkylation sites (tertiary alicyclic amines) is 1. The Morgan fingerprint density at radius 3 is 2.34 bits per heavy atom. The highest BCUT2D eigenvalue weighted by Crippen LogP contribution is 2.28. The SMILES string of the molecule is CC(C)(C)OC(=O)N[C@H](C(=O)N1CC[C@@H](N)[C@H]1C(=O)N1CCO[C@H](c2ccccc2)C1)C(C)(C)C. The van der Waals surface area contributed by atoms with Crippen molar-refractivity contribution in [1.82, 2.24) is 15.1 Å². The molecule has 0 saturated carbocycles. The van der Waals surface area contributed by atoms with Crippen LogP contribution in [0.1, 0.15) is 59.6 Å². The lowest BCUT2D eigenvalue weighted by molar-refractivity contribution is -0.151. The number of amides is 3. The highest BCUT2D eigenvalue weighted by molar-refractivity contribution is 5.93. The van der Waals surface area contributed by atoms with Crippen LogP contribution in [0.2, 0.25) is 0 Å². The van der Waals surface area contributed by atoms with Crippen LogP contribution in [0.4, 0.5) is 4.79 Å². The van der Waals surface area contributed by atoms with Gasteiger partial charge in [0.1, 0.15) is 23.8 Å². The Morgan fingerprint density at radius 2 is 1.74 bits per heavy atom. The van der Waals surface area contributed by atoms with Crippen LogP contribution >= 0.6 is 0 Å². The molecule has 2 aliphatic rings. The van der Waals surface area contributed by atoms with E-state index in [1.54, 1.807) is 25.7 Å². The predicted molar refractivity (Wildman–Crippen MR) is 132 cm³/mol. The van der Waals surface area contributed by atoms with Gasteiger partial charge in [0.15, 0.2) is 0 Å². The molecule has 3 N–H and O–H groups in total. The first-order chi connectivity index (χ1) is 16.3. The van der Waals surface area contributed by atoms with Crippen LogP contribution in [0.15, 0.2) is 30.3 Å². The van der Waals surface area contributed by atoms with Gasteiger partial charge in [0, 0.05) is 19.1 Å². The second-order valence-corrected chi connectivity index (χ2v) is 11.4. The van der Waals surface area contributed by atoms with E-state index in [1.165, 1.54) is 4.90 Å². The molecule has 0 spiro atoms. The molecule has 0 aliphatic carbocycles. The van der Waals surface area contributed by atoms with Crippen molar-refractivity contribution >= 4 is 17.9 Å².